The molecule has 0 amide bonds. The summed E-state index contributed by atoms with van der Waals surface area (Å²) in [6.45, 7) is 1.19. The molecule has 1 heterocycles. The van der Waals surface area contributed by atoms with Gasteiger partial charge in [0.05, 0.1) is 7.11 Å². The van der Waals surface area contributed by atoms with Gasteiger partial charge in [-0.2, -0.15) is 0 Å². The first kappa shape index (κ1) is 10.5. The van der Waals surface area contributed by atoms with Crippen molar-refractivity contribution in [1.29, 1.82) is 0 Å². The fourth-order valence-corrected chi connectivity index (χ4v) is 2.04. The SMILES string of the molecule is COc1ccc(C2CC(CO)CN2)cc1. The number of rotatable bonds is 3. The molecule has 15 heavy (non-hydrogen) atoms. The Balaban J connectivity index is 2.04. The fourth-order valence-electron chi connectivity index (χ4n) is 2.04. The predicted octanol–water partition coefficient (Wildman–Crippen LogP) is 1.34. The van der Waals surface area contributed by atoms with E-state index < -0.39 is 0 Å². The Morgan fingerprint density at radius 2 is 2.13 bits per heavy atom. The molecule has 1 saturated heterocycles. The number of ether oxygens (including phenoxy) is 1. The van der Waals surface area contributed by atoms with E-state index in [1.165, 1.54) is 5.56 Å². The zero-order valence-corrected chi connectivity index (χ0v) is 8.94. The van der Waals surface area contributed by atoms with Gasteiger partial charge in [-0.25, -0.2) is 0 Å². The van der Waals surface area contributed by atoms with Gasteiger partial charge in [0.15, 0.2) is 0 Å². The monoisotopic (exact) mass is 207 g/mol. The molecule has 1 aliphatic heterocycles. The topological polar surface area (TPSA) is 41.5 Å². The largest absolute Gasteiger partial charge is 0.497 e. The quantitative estimate of drug-likeness (QED) is 0.786. The highest BCUT2D eigenvalue weighted by molar-refractivity contribution is 5.29. The summed E-state index contributed by atoms with van der Waals surface area (Å²) in [6, 6.07) is 8.49. The lowest BCUT2D eigenvalue weighted by Crippen LogP contribution is -2.14. The molecule has 1 aromatic carbocycles. The molecule has 2 rings (SSSR count). The Kier molecular flexibility index (Phi) is 3.23. The molecule has 2 N–H and O–H groups in total. The van der Waals surface area contributed by atoms with Gasteiger partial charge in [0.1, 0.15) is 5.75 Å². The molecular formula is C12H17NO2. The Morgan fingerprint density at radius 1 is 1.40 bits per heavy atom. The Bertz CT molecular complexity index is 310. The van der Waals surface area contributed by atoms with Crippen LogP contribution in [0.25, 0.3) is 0 Å². The third-order valence-corrected chi connectivity index (χ3v) is 3.00. The van der Waals surface area contributed by atoms with E-state index in [0.717, 1.165) is 18.7 Å². The maximum absolute atomic E-state index is 9.05. The van der Waals surface area contributed by atoms with Gasteiger partial charge in [-0.15, -0.1) is 0 Å². The van der Waals surface area contributed by atoms with Crippen LogP contribution >= 0.6 is 0 Å². The molecule has 0 radical (unpaired) electrons. The van der Waals surface area contributed by atoms with Crippen LogP contribution in [0.4, 0.5) is 0 Å². The van der Waals surface area contributed by atoms with E-state index in [-0.39, 0.29) is 6.61 Å². The Labute approximate surface area is 90.1 Å². The van der Waals surface area contributed by atoms with Crippen molar-refractivity contribution in [2.24, 2.45) is 5.92 Å². The van der Waals surface area contributed by atoms with Gasteiger partial charge >= 0.3 is 0 Å². The second kappa shape index (κ2) is 4.64. The number of benzene rings is 1. The molecular weight excluding hydrogens is 190 g/mol. The molecule has 1 aliphatic rings. The summed E-state index contributed by atoms with van der Waals surface area (Å²) in [4.78, 5) is 0. The van der Waals surface area contributed by atoms with Gasteiger partial charge in [0.2, 0.25) is 0 Å². The van der Waals surface area contributed by atoms with Gasteiger partial charge in [-0.3, -0.25) is 0 Å². The van der Waals surface area contributed by atoms with Crippen molar-refractivity contribution in [1.82, 2.24) is 5.32 Å². The van der Waals surface area contributed by atoms with Crippen molar-refractivity contribution >= 4 is 0 Å². The number of methoxy groups -OCH3 is 1. The molecule has 2 atom stereocenters. The normalized spacial score (nSPS) is 25.5. The van der Waals surface area contributed by atoms with Crippen LogP contribution in [-0.4, -0.2) is 25.4 Å². The molecule has 1 aromatic rings. The molecule has 82 valence electrons. The summed E-state index contributed by atoms with van der Waals surface area (Å²) in [5.41, 5.74) is 1.27. The first-order valence-corrected chi connectivity index (χ1v) is 5.31. The van der Waals surface area contributed by atoms with Crippen LogP contribution < -0.4 is 10.1 Å². The van der Waals surface area contributed by atoms with Crippen LogP contribution in [0.3, 0.4) is 0 Å². The molecule has 0 spiro atoms. The molecule has 0 aromatic heterocycles. The lowest BCUT2D eigenvalue weighted by atomic mass is 10.0. The van der Waals surface area contributed by atoms with Gasteiger partial charge in [-0.1, -0.05) is 12.1 Å². The van der Waals surface area contributed by atoms with Crippen molar-refractivity contribution in [2.75, 3.05) is 20.3 Å². The maximum Gasteiger partial charge on any atom is 0.118 e. The first-order valence-electron chi connectivity index (χ1n) is 5.31. The summed E-state index contributed by atoms with van der Waals surface area (Å²) >= 11 is 0. The Morgan fingerprint density at radius 3 is 2.67 bits per heavy atom. The first-order chi connectivity index (χ1) is 7.33. The van der Waals surface area contributed by atoms with Crippen LogP contribution in [0.15, 0.2) is 24.3 Å². The minimum atomic E-state index is 0.277. The van der Waals surface area contributed by atoms with Crippen molar-refractivity contribution in [3.63, 3.8) is 0 Å². The number of nitrogens with one attached hydrogen (secondary N) is 1. The van der Waals surface area contributed by atoms with Crippen LogP contribution in [0.1, 0.15) is 18.0 Å². The molecule has 0 saturated carbocycles. The van der Waals surface area contributed by atoms with Crippen molar-refractivity contribution in [3.8, 4) is 5.75 Å². The van der Waals surface area contributed by atoms with Gasteiger partial charge < -0.3 is 15.2 Å². The number of hydrogen-bond acceptors (Lipinski definition) is 3. The predicted molar refractivity (Wildman–Crippen MR) is 58.9 cm³/mol. The minimum Gasteiger partial charge on any atom is -0.497 e. The highest BCUT2D eigenvalue weighted by Crippen LogP contribution is 2.27. The molecule has 2 unspecified atom stereocenters. The van der Waals surface area contributed by atoms with E-state index in [2.05, 4.69) is 17.4 Å². The molecule has 3 nitrogen and oxygen atoms in total. The van der Waals surface area contributed by atoms with Crippen molar-refractivity contribution < 1.29 is 9.84 Å². The molecule has 0 bridgehead atoms. The fraction of sp³-hybridized carbons (Fsp3) is 0.500. The second-order valence-corrected chi connectivity index (χ2v) is 4.02. The van der Waals surface area contributed by atoms with Crippen LogP contribution in [0, 0.1) is 5.92 Å². The molecule has 0 aliphatic carbocycles. The Hall–Kier alpha value is -1.06. The average molecular weight is 207 g/mol. The highest BCUT2D eigenvalue weighted by atomic mass is 16.5. The average Bonchev–Trinajstić information content (AvgIpc) is 2.78. The molecule has 3 heteroatoms. The summed E-state index contributed by atoms with van der Waals surface area (Å²) < 4.78 is 5.11. The number of aliphatic hydroxyl groups excluding tert-OH is 1. The van der Waals surface area contributed by atoms with E-state index in [1.807, 2.05) is 12.1 Å². The van der Waals surface area contributed by atoms with E-state index in [9.17, 15) is 0 Å². The summed E-state index contributed by atoms with van der Waals surface area (Å²) in [5, 5.41) is 12.5. The summed E-state index contributed by atoms with van der Waals surface area (Å²) in [6.07, 6.45) is 1.02. The maximum atomic E-state index is 9.05. The number of aliphatic hydroxyl groups is 1. The smallest absolute Gasteiger partial charge is 0.118 e. The standard InChI is InChI=1S/C12H17NO2/c1-15-11-4-2-10(3-5-11)12-6-9(8-14)7-13-12/h2-5,9,12-14H,6-8H2,1H3. The third kappa shape index (κ3) is 2.30. The van der Waals surface area contributed by atoms with Gasteiger partial charge in [0, 0.05) is 19.2 Å². The van der Waals surface area contributed by atoms with E-state index in [1.54, 1.807) is 7.11 Å². The second-order valence-electron chi connectivity index (χ2n) is 4.02. The summed E-state index contributed by atoms with van der Waals surface area (Å²) in [7, 11) is 1.67. The van der Waals surface area contributed by atoms with Crippen molar-refractivity contribution in [2.45, 2.75) is 12.5 Å². The van der Waals surface area contributed by atoms with Crippen LogP contribution in [0.5, 0.6) is 5.75 Å². The number of hydrogen-bond donors (Lipinski definition) is 2. The van der Waals surface area contributed by atoms with E-state index in [0.29, 0.717) is 12.0 Å². The van der Waals surface area contributed by atoms with Crippen molar-refractivity contribution in [3.05, 3.63) is 29.8 Å². The zero-order chi connectivity index (χ0) is 10.7. The van der Waals surface area contributed by atoms with Gasteiger partial charge in [-0.05, 0) is 30.0 Å². The minimum absolute atomic E-state index is 0.277. The molecule has 1 fully saturated rings. The lowest BCUT2D eigenvalue weighted by Gasteiger charge is -2.11. The van der Waals surface area contributed by atoms with E-state index >= 15 is 0 Å². The van der Waals surface area contributed by atoms with Gasteiger partial charge in [0.25, 0.3) is 0 Å². The van der Waals surface area contributed by atoms with Crippen LogP contribution in [0.2, 0.25) is 0 Å². The third-order valence-electron chi connectivity index (χ3n) is 3.00. The van der Waals surface area contributed by atoms with E-state index in [4.69, 9.17) is 9.84 Å². The summed E-state index contributed by atoms with van der Waals surface area (Å²) in [5.74, 6) is 1.28. The highest BCUT2D eigenvalue weighted by Gasteiger charge is 2.24. The lowest BCUT2D eigenvalue weighted by molar-refractivity contribution is 0.236. The van der Waals surface area contributed by atoms with Crippen LogP contribution in [-0.2, 0) is 0 Å². The zero-order valence-electron chi connectivity index (χ0n) is 8.94.